The summed E-state index contributed by atoms with van der Waals surface area (Å²) < 4.78 is 12.5. The van der Waals surface area contributed by atoms with Gasteiger partial charge in [-0.25, -0.2) is 0 Å². The third-order valence-corrected chi connectivity index (χ3v) is 25.3. The van der Waals surface area contributed by atoms with Crippen LogP contribution in [0.1, 0.15) is 25.0 Å². The van der Waals surface area contributed by atoms with Crippen LogP contribution < -0.4 is 4.90 Å². The van der Waals surface area contributed by atoms with Gasteiger partial charge in [-0.3, -0.25) is 0 Å². The molecule has 0 unspecified atom stereocenters. The number of aromatic nitrogens is 5. The maximum absolute atomic E-state index is 2.55. The average molecular weight is 1490 g/mol. The van der Waals surface area contributed by atoms with Crippen molar-refractivity contribution in [1.29, 1.82) is 0 Å². The van der Waals surface area contributed by atoms with Crippen molar-refractivity contribution in [3.8, 4) is 84.1 Å². The number of fused-ring (bicyclic) bond motifs is 20. The lowest BCUT2D eigenvalue weighted by atomic mass is 9.82. The predicted octanol–water partition coefficient (Wildman–Crippen LogP) is 29.6. The summed E-state index contributed by atoms with van der Waals surface area (Å²) in [5, 5.41) is 12.1. The molecule has 6 heteroatoms. The van der Waals surface area contributed by atoms with Gasteiger partial charge in [0, 0.05) is 105 Å². The van der Waals surface area contributed by atoms with Crippen molar-refractivity contribution < 1.29 is 0 Å². The molecule has 0 saturated carbocycles. The number of hydrogen-bond acceptors (Lipinski definition) is 1. The Morgan fingerprint density at radius 2 is 0.504 bits per heavy atom. The lowest BCUT2D eigenvalue weighted by Gasteiger charge is -2.28. The number of benzene rings is 18. The Morgan fingerprint density at radius 3 is 1.03 bits per heavy atom. The van der Waals surface area contributed by atoms with Crippen molar-refractivity contribution in [3.05, 3.63) is 424 Å². The molecule has 23 aromatic rings. The second kappa shape index (κ2) is 25.9. The Hall–Kier alpha value is -15.2. The number of para-hydroxylation sites is 6. The van der Waals surface area contributed by atoms with E-state index >= 15 is 0 Å². The van der Waals surface area contributed by atoms with Gasteiger partial charge in [-0.05, 0) is 206 Å². The monoisotopic (exact) mass is 1490 g/mol. The van der Waals surface area contributed by atoms with Crippen molar-refractivity contribution >= 4 is 126 Å². The van der Waals surface area contributed by atoms with Crippen LogP contribution in [-0.2, 0) is 5.41 Å². The molecular weight excluding hydrogens is 1420 g/mol. The first-order valence-corrected chi connectivity index (χ1v) is 40.5. The number of nitrogens with zero attached hydrogens (tertiary/aromatic N) is 6. The third-order valence-electron chi connectivity index (χ3n) is 25.3. The van der Waals surface area contributed by atoms with Crippen LogP contribution in [0.15, 0.2) is 413 Å². The highest BCUT2D eigenvalue weighted by molar-refractivity contribution is 6.26. The Balaban J connectivity index is 0.614. The topological polar surface area (TPSA) is 27.9 Å². The van der Waals surface area contributed by atoms with Crippen molar-refractivity contribution in [1.82, 2.24) is 22.8 Å². The highest BCUT2D eigenvalue weighted by Gasteiger charge is 2.36. The van der Waals surface area contributed by atoms with Gasteiger partial charge in [-0.2, -0.15) is 0 Å². The lowest BCUT2D eigenvalue weighted by Crippen LogP contribution is -2.16. The van der Waals surface area contributed by atoms with E-state index in [2.05, 4.69) is 454 Å². The van der Waals surface area contributed by atoms with Crippen LogP contribution in [0.2, 0.25) is 0 Å². The van der Waals surface area contributed by atoms with Crippen LogP contribution in [-0.4, -0.2) is 22.8 Å². The van der Waals surface area contributed by atoms with E-state index in [9.17, 15) is 0 Å². The molecule has 6 nitrogen and oxygen atoms in total. The van der Waals surface area contributed by atoms with Gasteiger partial charge >= 0.3 is 0 Å². The van der Waals surface area contributed by atoms with E-state index in [0.717, 1.165) is 101 Å². The molecule has 1 aliphatic carbocycles. The highest BCUT2D eigenvalue weighted by Crippen LogP contribution is 2.52. The molecule has 1 aliphatic rings. The summed E-state index contributed by atoms with van der Waals surface area (Å²) in [5.41, 5.74) is 35.0. The summed E-state index contributed by atoms with van der Waals surface area (Å²) in [5.74, 6) is 0. The number of anilines is 3. The van der Waals surface area contributed by atoms with E-state index in [1.165, 1.54) is 120 Å². The van der Waals surface area contributed by atoms with Crippen LogP contribution >= 0.6 is 0 Å². The fraction of sp³-hybridized carbons (Fsp3) is 0.0270. The van der Waals surface area contributed by atoms with Crippen LogP contribution in [0.5, 0.6) is 0 Å². The zero-order valence-electron chi connectivity index (χ0n) is 64.4. The molecule has 0 bridgehead atoms. The maximum atomic E-state index is 2.55. The van der Waals surface area contributed by atoms with E-state index < -0.39 is 0 Å². The zero-order valence-corrected chi connectivity index (χ0v) is 64.4. The van der Waals surface area contributed by atoms with Gasteiger partial charge in [-0.15, -0.1) is 0 Å². The second-order valence-corrected chi connectivity index (χ2v) is 31.9. The van der Waals surface area contributed by atoms with Crippen LogP contribution in [0, 0.1) is 0 Å². The largest absolute Gasteiger partial charge is 0.310 e. The molecule has 0 fully saturated rings. The standard InChI is InChI=1S/C111H74N6/c1-111(2)99-39-17-12-34-87(99)88-60-58-86(70-100(88)111)112(81-52-44-72(45-53-81)71-24-6-3-7-25-71)82-54-46-73(47-55-82)77-51-65-105-98(68-77)92-38-16-18-40-101(92)113(105)83-56-48-74(49-57-83)78-50-59-93-97-64-63-95-90-36-14-20-42-103(90)115(80-30-10-5-11-31-80)108(95)110(97)117(106(93)69-78)85-33-23-27-76(67-85)75-26-22-32-84(66-75)116-104-43-21-15-37-91(104)96-62-61-94-89-35-13-19-41-102(89)114(107(94)109(96)116)79-28-8-4-9-29-79/h3-70H,1-2H3. The summed E-state index contributed by atoms with van der Waals surface area (Å²) >= 11 is 0. The molecule has 117 heavy (non-hydrogen) atoms. The van der Waals surface area contributed by atoms with E-state index in [1.807, 2.05) is 0 Å². The van der Waals surface area contributed by atoms with E-state index in [-0.39, 0.29) is 5.41 Å². The molecule has 0 atom stereocenters. The van der Waals surface area contributed by atoms with Crippen molar-refractivity contribution in [2.24, 2.45) is 0 Å². The van der Waals surface area contributed by atoms with Gasteiger partial charge < -0.3 is 27.7 Å². The van der Waals surface area contributed by atoms with Gasteiger partial charge in [0.15, 0.2) is 0 Å². The molecule has 0 amide bonds. The minimum absolute atomic E-state index is 0.139. The fourth-order valence-corrected chi connectivity index (χ4v) is 19.9. The molecule has 548 valence electrons. The Morgan fingerprint density at radius 1 is 0.179 bits per heavy atom. The number of hydrogen-bond donors (Lipinski definition) is 0. The van der Waals surface area contributed by atoms with Crippen molar-refractivity contribution in [3.63, 3.8) is 0 Å². The minimum atomic E-state index is -0.139. The molecule has 5 heterocycles. The normalized spacial score (nSPS) is 12.6. The van der Waals surface area contributed by atoms with Gasteiger partial charge in [0.25, 0.3) is 0 Å². The van der Waals surface area contributed by atoms with Crippen LogP contribution in [0.3, 0.4) is 0 Å². The van der Waals surface area contributed by atoms with Gasteiger partial charge in [-0.1, -0.05) is 287 Å². The lowest BCUT2D eigenvalue weighted by molar-refractivity contribution is 0.660. The van der Waals surface area contributed by atoms with Gasteiger partial charge in [0.1, 0.15) is 0 Å². The molecule has 0 radical (unpaired) electrons. The molecule has 0 saturated heterocycles. The average Bonchev–Trinajstić information content (AvgIpc) is 1.55. The fourth-order valence-electron chi connectivity index (χ4n) is 19.9. The van der Waals surface area contributed by atoms with Gasteiger partial charge in [0.2, 0.25) is 0 Å². The Labute approximate surface area is 676 Å². The highest BCUT2D eigenvalue weighted by atomic mass is 15.1. The van der Waals surface area contributed by atoms with Gasteiger partial charge in [0.05, 0.1) is 55.2 Å². The number of rotatable bonds is 12. The Kier molecular flexibility index (Phi) is 14.7. The molecule has 0 N–H and O–H groups in total. The second-order valence-electron chi connectivity index (χ2n) is 31.9. The SMILES string of the molecule is CC1(C)c2ccccc2-c2ccc(N(c3ccc(-c4ccccc4)cc3)c3ccc(-c4ccc5c(c4)c4ccccc4n5-c4ccc(-c5ccc6c7ccc8c9ccccc9n(-c9ccccc9)c8c7n(-c7cccc(-c8cccc(-n9c%10ccccc%10c%10ccc%11c%12ccccc%12n(-c%12ccccc%12)c%11c%109)c8)c7)c6c5)cc4)cc3)cc21. The predicted molar refractivity (Wildman–Crippen MR) is 492 cm³/mol. The van der Waals surface area contributed by atoms with Crippen LogP contribution in [0.4, 0.5) is 17.1 Å². The summed E-state index contributed by atoms with van der Waals surface area (Å²) in [6, 6.07) is 153. The van der Waals surface area contributed by atoms with Crippen molar-refractivity contribution in [2.45, 2.75) is 19.3 Å². The summed E-state index contributed by atoms with van der Waals surface area (Å²) in [6.07, 6.45) is 0. The first-order valence-electron chi connectivity index (χ1n) is 40.5. The molecule has 24 rings (SSSR count). The van der Waals surface area contributed by atoms with E-state index in [0.29, 0.717) is 0 Å². The van der Waals surface area contributed by atoms with Crippen molar-refractivity contribution in [2.75, 3.05) is 4.90 Å². The molecular formula is C111H74N6. The molecule has 0 aliphatic heterocycles. The van der Waals surface area contributed by atoms with E-state index in [4.69, 9.17) is 0 Å². The first kappa shape index (κ1) is 66.4. The summed E-state index contributed by atoms with van der Waals surface area (Å²) in [4.78, 5) is 2.42. The quantitative estimate of drug-likeness (QED) is 0.120. The third kappa shape index (κ3) is 10.2. The summed E-state index contributed by atoms with van der Waals surface area (Å²) in [6.45, 7) is 4.72. The smallest absolute Gasteiger partial charge is 0.0788 e. The first-order chi connectivity index (χ1) is 57.8. The van der Waals surface area contributed by atoms with E-state index in [1.54, 1.807) is 0 Å². The molecule has 0 spiro atoms. The summed E-state index contributed by atoms with van der Waals surface area (Å²) in [7, 11) is 0. The minimum Gasteiger partial charge on any atom is -0.310 e. The molecule has 5 aromatic heterocycles. The Bertz CT molecular complexity index is 7990. The zero-order chi connectivity index (χ0) is 77.1. The van der Waals surface area contributed by atoms with Crippen LogP contribution in [0.25, 0.3) is 193 Å². The molecule has 18 aromatic carbocycles. The maximum Gasteiger partial charge on any atom is 0.0788 e.